The molecule has 13 heteroatoms. The Bertz CT molecular complexity index is 1370. The molecule has 2 aromatic carbocycles. The van der Waals surface area contributed by atoms with Gasteiger partial charge >= 0.3 is 5.69 Å². The maximum absolute atomic E-state index is 11.8. The average Bonchev–Trinajstić information content (AvgIpc) is 2.66. The SMILES string of the molecule is Cc1ccc(N=Nc2ccc(N=Nc3c(N)[nH]c(=O)[nH]c3=O)c(S(=O)(=O)O)c2)cc1. The molecule has 0 saturated heterocycles. The fourth-order valence-electron chi connectivity index (χ4n) is 2.28. The van der Waals surface area contributed by atoms with Crippen LogP contribution in [-0.2, 0) is 10.1 Å². The highest BCUT2D eigenvalue weighted by Gasteiger charge is 2.17. The molecule has 12 nitrogen and oxygen atoms in total. The first-order valence-corrected chi connectivity index (χ1v) is 9.71. The van der Waals surface area contributed by atoms with Crippen LogP contribution >= 0.6 is 0 Å². The van der Waals surface area contributed by atoms with Crippen molar-refractivity contribution in [2.75, 3.05) is 5.73 Å². The lowest BCUT2D eigenvalue weighted by Crippen LogP contribution is -2.23. The predicted molar refractivity (Wildman–Crippen MR) is 108 cm³/mol. The Labute approximate surface area is 169 Å². The quantitative estimate of drug-likeness (QED) is 0.355. The van der Waals surface area contributed by atoms with Crippen LogP contribution in [0.15, 0.2) is 77.4 Å². The number of hydrogen-bond acceptors (Lipinski definition) is 9. The van der Waals surface area contributed by atoms with Crippen molar-refractivity contribution in [3.8, 4) is 0 Å². The van der Waals surface area contributed by atoms with Gasteiger partial charge in [-0.1, -0.05) is 17.7 Å². The zero-order valence-corrected chi connectivity index (χ0v) is 16.2. The molecule has 0 radical (unpaired) electrons. The van der Waals surface area contributed by atoms with Gasteiger partial charge in [0.05, 0.1) is 11.4 Å². The minimum absolute atomic E-state index is 0.128. The van der Waals surface area contributed by atoms with E-state index in [0.29, 0.717) is 5.69 Å². The Kier molecular flexibility index (Phi) is 5.66. The van der Waals surface area contributed by atoms with E-state index in [2.05, 4.69) is 25.4 Å². The molecule has 0 atom stereocenters. The maximum Gasteiger partial charge on any atom is 0.327 e. The lowest BCUT2D eigenvalue weighted by atomic mass is 10.2. The molecular formula is C17H15N7O5S. The number of nitrogens with zero attached hydrogens (tertiary/aromatic N) is 4. The zero-order chi connectivity index (χ0) is 21.9. The number of rotatable bonds is 5. The van der Waals surface area contributed by atoms with Gasteiger partial charge in [0.1, 0.15) is 16.4 Å². The minimum atomic E-state index is -4.71. The minimum Gasteiger partial charge on any atom is -0.383 e. The average molecular weight is 429 g/mol. The van der Waals surface area contributed by atoms with Crippen molar-refractivity contribution < 1.29 is 13.0 Å². The predicted octanol–water partition coefficient (Wildman–Crippen LogP) is 3.03. The number of aryl methyl sites for hydroxylation is 1. The molecular weight excluding hydrogens is 414 g/mol. The molecule has 30 heavy (non-hydrogen) atoms. The number of nitrogens with two attached hydrogens (primary N) is 1. The smallest absolute Gasteiger partial charge is 0.327 e. The third-order valence-electron chi connectivity index (χ3n) is 3.74. The van der Waals surface area contributed by atoms with Gasteiger partial charge in [-0.25, -0.2) is 4.79 Å². The summed E-state index contributed by atoms with van der Waals surface area (Å²) in [7, 11) is -4.71. The molecule has 0 fully saturated rings. The molecule has 0 aliphatic heterocycles. The highest BCUT2D eigenvalue weighted by molar-refractivity contribution is 7.86. The van der Waals surface area contributed by atoms with Crippen LogP contribution in [0, 0.1) is 6.92 Å². The standard InChI is InChI=1S/C17H15N7O5S/c1-9-2-4-10(5-3-9)21-22-11-6-7-12(13(8-11)30(27,28)29)23-24-14-15(18)19-17(26)20-16(14)25/h2-8H,1H3,(H,27,28,29)(H4,18,19,20,25,26). The van der Waals surface area contributed by atoms with E-state index < -0.39 is 32.0 Å². The highest BCUT2D eigenvalue weighted by Crippen LogP contribution is 2.31. The van der Waals surface area contributed by atoms with Gasteiger partial charge in [0.25, 0.3) is 15.7 Å². The summed E-state index contributed by atoms with van der Waals surface area (Å²) in [6.07, 6.45) is 0. The summed E-state index contributed by atoms with van der Waals surface area (Å²) in [6, 6.07) is 10.8. The molecule has 0 bridgehead atoms. The summed E-state index contributed by atoms with van der Waals surface area (Å²) < 4.78 is 33.0. The molecule has 0 amide bonds. The van der Waals surface area contributed by atoms with Crippen molar-refractivity contribution in [1.29, 1.82) is 0 Å². The van der Waals surface area contributed by atoms with Gasteiger partial charge in [0.15, 0.2) is 5.69 Å². The molecule has 5 N–H and O–H groups in total. The van der Waals surface area contributed by atoms with Crippen molar-refractivity contribution in [3.63, 3.8) is 0 Å². The number of benzene rings is 2. The van der Waals surface area contributed by atoms with Crippen LogP contribution in [-0.4, -0.2) is 22.9 Å². The van der Waals surface area contributed by atoms with Crippen LogP contribution in [0.1, 0.15) is 5.56 Å². The van der Waals surface area contributed by atoms with Crippen LogP contribution < -0.4 is 17.0 Å². The molecule has 3 rings (SSSR count). The number of hydrogen-bond donors (Lipinski definition) is 4. The number of nitrogen functional groups attached to an aromatic ring is 1. The molecule has 0 aliphatic carbocycles. The monoisotopic (exact) mass is 429 g/mol. The zero-order valence-electron chi connectivity index (χ0n) is 15.4. The number of aromatic nitrogens is 2. The molecule has 1 heterocycles. The van der Waals surface area contributed by atoms with Gasteiger partial charge in [0, 0.05) is 0 Å². The van der Waals surface area contributed by atoms with Crippen LogP contribution in [0.2, 0.25) is 0 Å². The molecule has 0 aliphatic rings. The number of azo groups is 2. The van der Waals surface area contributed by atoms with E-state index in [4.69, 9.17) is 5.73 Å². The van der Waals surface area contributed by atoms with Gasteiger partial charge in [-0.15, -0.1) is 10.2 Å². The molecule has 0 saturated carbocycles. The molecule has 3 aromatic rings. The van der Waals surface area contributed by atoms with Gasteiger partial charge in [-0.2, -0.15) is 18.6 Å². The van der Waals surface area contributed by atoms with Gasteiger partial charge in [-0.05, 0) is 37.3 Å². The number of aromatic amines is 2. The summed E-state index contributed by atoms with van der Waals surface area (Å²) in [4.78, 5) is 26.3. The third kappa shape index (κ3) is 4.89. The topological polar surface area (TPSA) is 196 Å². The van der Waals surface area contributed by atoms with Crippen LogP contribution in [0.5, 0.6) is 0 Å². The van der Waals surface area contributed by atoms with Crippen molar-refractivity contribution in [2.24, 2.45) is 20.5 Å². The first-order valence-electron chi connectivity index (χ1n) is 8.27. The molecule has 154 valence electrons. The third-order valence-corrected chi connectivity index (χ3v) is 4.62. The van der Waals surface area contributed by atoms with E-state index in [0.717, 1.165) is 11.6 Å². The van der Waals surface area contributed by atoms with Crippen molar-refractivity contribution in [3.05, 3.63) is 68.9 Å². The summed E-state index contributed by atoms with van der Waals surface area (Å²) >= 11 is 0. The molecule has 1 aromatic heterocycles. The Morgan fingerprint density at radius 2 is 1.53 bits per heavy atom. The Morgan fingerprint density at radius 3 is 2.17 bits per heavy atom. The first kappa shape index (κ1) is 20.8. The first-order chi connectivity index (χ1) is 14.1. The van der Waals surface area contributed by atoms with Gasteiger partial charge in [0.2, 0.25) is 0 Å². The van der Waals surface area contributed by atoms with Gasteiger partial charge < -0.3 is 5.73 Å². The largest absolute Gasteiger partial charge is 0.383 e. The fourth-order valence-corrected chi connectivity index (χ4v) is 2.92. The fraction of sp³-hybridized carbons (Fsp3) is 0.0588. The second-order valence-corrected chi connectivity index (χ2v) is 7.42. The summed E-state index contributed by atoms with van der Waals surface area (Å²) in [6.45, 7) is 1.92. The second-order valence-electron chi connectivity index (χ2n) is 6.03. The lowest BCUT2D eigenvalue weighted by Gasteiger charge is -2.03. The summed E-state index contributed by atoms with van der Waals surface area (Å²) in [5.41, 5.74) is 4.76. The van der Waals surface area contributed by atoms with E-state index in [1.165, 1.54) is 12.1 Å². The van der Waals surface area contributed by atoms with Gasteiger partial charge in [-0.3, -0.25) is 19.3 Å². The Morgan fingerprint density at radius 1 is 0.900 bits per heavy atom. The number of H-pyrrole nitrogens is 2. The Balaban J connectivity index is 1.99. The molecule has 0 unspecified atom stereocenters. The maximum atomic E-state index is 11.8. The van der Waals surface area contributed by atoms with E-state index >= 15 is 0 Å². The summed E-state index contributed by atoms with van der Waals surface area (Å²) in [5, 5.41) is 15.2. The van der Waals surface area contributed by atoms with E-state index in [1.54, 1.807) is 12.1 Å². The van der Waals surface area contributed by atoms with Crippen molar-refractivity contribution in [1.82, 2.24) is 9.97 Å². The number of nitrogens with one attached hydrogen (secondary N) is 2. The second kappa shape index (κ2) is 8.18. The molecule has 0 spiro atoms. The van der Waals surface area contributed by atoms with E-state index in [9.17, 15) is 22.6 Å². The van der Waals surface area contributed by atoms with Crippen molar-refractivity contribution >= 4 is 38.7 Å². The lowest BCUT2D eigenvalue weighted by molar-refractivity contribution is 0.483. The highest BCUT2D eigenvalue weighted by atomic mass is 32.2. The normalized spacial score (nSPS) is 12.1. The van der Waals surface area contributed by atoms with Crippen molar-refractivity contribution in [2.45, 2.75) is 11.8 Å². The van der Waals surface area contributed by atoms with E-state index in [-0.39, 0.29) is 17.2 Å². The van der Waals surface area contributed by atoms with Crippen LogP contribution in [0.3, 0.4) is 0 Å². The summed E-state index contributed by atoms with van der Waals surface area (Å²) in [5.74, 6) is -0.357. The van der Waals surface area contributed by atoms with Crippen LogP contribution in [0.4, 0.5) is 28.6 Å². The Hall–Kier alpha value is -3.97. The van der Waals surface area contributed by atoms with E-state index in [1.807, 2.05) is 24.0 Å². The van der Waals surface area contributed by atoms with Crippen LogP contribution in [0.25, 0.3) is 0 Å². The number of anilines is 1.